The van der Waals surface area contributed by atoms with Crippen molar-refractivity contribution in [3.63, 3.8) is 0 Å². The van der Waals surface area contributed by atoms with Crippen molar-refractivity contribution in [2.75, 3.05) is 0 Å². The van der Waals surface area contributed by atoms with Gasteiger partial charge in [0, 0.05) is 0 Å². The molecule has 20 heavy (non-hydrogen) atoms. The highest BCUT2D eigenvalue weighted by Gasteiger charge is 2.20. The predicted molar refractivity (Wildman–Crippen MR) is 83.3 cm³/mol. The van der Waals surface area contributed by atoms with Gasteiger partial charge in [-0.15, -0.1) is 0 Å². The monoisotopic (exact) mass is 264 g/mol. The minimum absolute atomic E-state index is 0.343. The summed E-state index contributed by atoms with van der Waals surface area (Å²) < 4.78 is 0. The van der Waals surface area contributed by atoms with E-state index in [0.29, 0.717) is 5.92 Å². The first kappa shape index (κ1) is 13.1. The van der Waals surface area contributed by atoms with E-state index in [-0.39, 0.29) is 6.10 Å². The van der Waals surface area contributed by atoms with E-state index in [1.807, 2.05) is 18.2 Å². The Morgan fingerprint density at radius 1 is 0.850 bits per heavy atom. The first-order valence-electron chi connectivity index (χ1n) is 7.33. The van der Waals surface area contributed by atoms with Crippen molar-refractivity contribution in [2.24, 2.45) is 5.92 Å². The maximum Gasteiger partial charge on any atom is 0.0821 e. The van der Waals surface area contributed by atoms with Crippen molar-refractivity contribution >= 4 is 0 Å². The molecule has 0 fully saturated rings. The standard InChI is InChI=1S/C19H20O/c20-19(17-9-5-2-6-10-17)18-13-11-16(12-14-18)15-7-3-1-4-8-15/h1-5,7-8,11-14,17,19-20H,6,9-10H2. The van der Waals surface area contributed by atoms with Gasteiger partial charge in [-0.25, -0.2) is 0 Å². The molecular weight excluding hydrogens is 244 g/mol. The summed E-state index contributed by atoms with van der Waals surface area (Å²) in [4.78, 5) is 0. The van der Waals surface area contributed by atoms with Gasteiger partial charge in [-0.2, -0.15) is 0 Å². The molecule has 2 aromatic carbocycles. The third-order valence-corrected chi connectivity index (χ3v) is 4.12. The van der Waals surface area contributed by atoms with E-state index in [4.69, 9.17) is 0 Å². The Hall–Kier alpha value is -1.86. The number of hydrogen-bond donors (Lipinski definition) is 1. The molecule has 2 aromatic rings. The number of hydrogen-bond acceptors (Lipinski definition) is 1. The van der Waals surface area contributed by atoms with Crippen LogP contribution in [0.4, 0.5) is 0 Å². The van der Waals surface area contributed by atoms with Gasteiger partial charge in [0.05, 0.1) is 6.10 Å². The van der Waals surface area contributed by atoms with Gasteiger partial charge in [0.1, 0.15) is 0 Å². The van der Waals surface area contributed by atoms with E-state index in [2.05, 4.69) is 48.6 Å². The Balaban J connectivity index is 1.77. The number of rotatable bonds is 3. The fourth-order valence-electron chi connectivity index (χ4n) is 2.88. The molecule has 0 heterocycles. The number of aliphatic hydroxyl groups excluding tert-OH is 1. The Labute approximate surface area is 120 Å². The average molecular weight is 264 g/mol. The van der Waals surface area contributed by atoms with Crippen LogP contribution in [0.25, 0.3) is 11.1 Å². The summed E-state index contributed by atoms with van der Waals surface area (Å²) in [5.41, 5.74) is 3.45. The summed E-state index contributed by atoms with van der Waals surface area (Å²) in [6.45, 7) is 0. The molecule has 0 aliphatic heterocycles. The summed E-state index contributed by atoms with van der Waals surface area (Å²) in [5, 5.41) is 10.5. The molecule has 0 amide bonds. The average Bonchev–Trinajstić information content (AvgIpc) is 2.56. The zero-order valence-corrected chi connectivity index (χ0v) is 11.6. The maximum atomic E-state index is 10.5. The molecule has 0 aromatic heterocycles. The molecule has 0 saturated carbocycles. The van der Waals surface area contributed by atoms with Crippen molar-refractivity contribution in [1.82, 2.24) is 0 Å². The summed E-state index contributed by atoms with van der Waals surface area (Å²) in [7, 11) is 0. The molecule has 0 radical (unpaired) electrons. The van der Waals surface area contributed by atoms with E-state index in [0.717, 1.165) is 24.8 Å². The predicted octanol–water partition coefficient (Wildman–Crippen LogP) is 4.74. The van der Waals surface area contributed by atoms with Crippen LogP contribution >= 0.6 is 0 Å². The van der Waals surface area contributed by atoms with Gasteiger partial charge in [-0.05, 0) is 41.9 Å². The van der Waals surface area contributed by atoms with Gasteiger partial charge in [-0.1, -0.05) is 66.7 Å². The van der Waals surface area contributed by atoms with E-state index in [1.54, 1.807) is 0 Å². The van der Waals surface area contributed by atoms with E-state index in [9.17, 15) is 5.11 Å². The lowest BCUT2D eigenvalue weighted by molar-refractivity contribution is 0.102. The van der Waals surface area contributed by atoms with Crippen molar-refractivity contribution in [3.8, 4) is 11.1 Å². The lowest BCUT2D eigenvalue weighted by Gasteiger charge is -2.24. The number of allylic oxidation sites excluding steroid dienone is 2. The molecular formula is C19H20O. The topological polar surface area (TPSA) is 20.2 Å². The minimum Gasteiger partial charge on any atom is -0.388 e. The summed E-state index contributed by atoms with van der Waals surface area (Å²) in [6, 6.07) is 18.7. The minimum atomic E-state index is -0.343. The Morgan fingerprint density at radius 3 is 2.20 bits per heavy atom. The van der Waals surface area contributed by atoms with Crippen molar-refractivity contribution in [2.45, 2.75) is 25.4 Å². The molecule has 1 N–H and O–H groups in total. The quantitative estimate of drug-likeness (QED) is 0.794. The van der Waals surface area contributed by atoms with E-state index < -0.39 is 0 Å². The van der Waals surface area contributed by atoms with Crippen LogP contribution in [0, 0.1) is 5.92 Å². The fourth-order valence-corrected chi connectivity index (χ4v) is 2.88. The second-order valence-corrected chi connectivity index (χ2v) is 5.48. The third kappa shape index (κ3) is 2.83. The SMILES string of the molecule is OC(c1ccc(-c2ccccc2)cc1)C1CC=CCC1. The maximum absolute atomic E-state index is 10.5. The second kappa shape index (κ2) is 6.06. The Kier molecular flexibility index (Phi) is 3.98. The third-order valence-electron chi connectivity index (χ3n) is 4.12. The molecule has 0 spiro atoms. The van der Waals surface area contributed by atoms with Crippen LogP contribution < -0.4 is 0 Å². The molecule has 1 aliphatic rings. The summed E-state index contributed by atoms with van der Waals surface area (Å²) in [5.74, 6) is 0.363. The van der Waals surface area contributed by atoms with Crippen LogP contribution in [0.15, 0.2) is 66.7 Å². The smallest absolute Gasteiger partial charge is 0.0821 e. The molecule has 2 unspecified atom stereocenters. The highest BCUT2D eigenvalue weighted by molar-refractivity contribution is 5.63. The Bertz CT molecular complexity index is 568. The molecule has 1 nitrogen and oxygen atoms in total. The van der Waals surface area contributed by atoms with Crippen molar-refractivity contribution in [3.05, 3.63) is 72.3 Å². The van der Waals surface area contributed by atoms with Crippen LogP contribution in [0.3, 0.4) is 0 Å². The van der Waals surface area contributed by atoms with Crippen LogP contribution in [0.5, 0.6) is 0 Å². The number of benzene rings is 2. The van der Waals surface area contributed by atoms with Gasteiger partial charge in [0.15, 0.2) is 0 Å². The number of aliphatic hydroxyl groups is 1. The van der Waals surface area contributed by atoms with Crippen LogP contribution in [0.1, 0.15) is 30.9 Å². The molecule has 102 valence electrons. The molecule has 2 atom stereocenters. The van der Waals surface area contributed by atoms with Crippen molar-refractivity contribution in [1.29, 1.82) is 0 Å². The molecule has 1 heteroatoms. The summed E-state index contributed by atoms with van der Waals surface area (Å²) in [6.07, 6.45) is 7.21. The van der Waals surface area contributed by atoms with Crippen molar-refractivity contribution < 1.29 is 5.11 Å². The largest absolute Gasteiger partial charge is 0.388 e. The van der Waals surface area contributed by atoms with Gasteiger partial charge < -0.3 is 5.11 Å². The van der Waals surface area contributed by atoms with Gasteiger partial charge in [0.25, 0.3) is 0 Å². The first-order chi connectivity index (χ1) is 9.84. The van der Waals surface area contributed by atoms with Gasteiger partial charge in [0.2, 0.25) is 0 Å². The zero-order valence-electron chi connectivity index (χ0n) is 11.6. The zero-order chi connectivity index (χ0) is 13.8. The second-order valence-electron chi connectivity index (χ2n) is 5.48. The van der Waals surface area contributed by atoms with Crippen LogP contribution in [-0.2, 0) is 0 Å². The normalized spacial score (nSPS) is 19.8. The lowest BCUT2D eigenvalue weighted by Crippen LogP contribution is -2.13. The van der Waals surface area contributed by atoms with Crippen LogP contribution in [-0.4, -0.2) is 5.11 Å². The fraction of sp³-hybridized carbons (Fsp3) is 0.263. The molecule has 0 saturated heterocycles. The van der Waals surface area contributed by atoms with E-state index in [1.165, 1.54) is 11.1 Å². The molecule has 3 rings (SSSR count). The highest BCUT2D eigenvalue weighted by Crippen LogP contribution is 2.32. The Morgan fingerprint density at radius 2 is 1.55 bits per heavy atom. The summed E-state index contributed by atoms with van der Waals surface area (Å²) >= 11 is 0. The highest BCUT2D eigenvalue weighted by atomic mass is 16.3. The first-order valence-corrected chi connectivity index (χ1v) is 7.33. The lowest BCUT2D eigenvalue weighted by atomic mass is 9.86. The molecule has 1 aliphatic carbocycles. The van der Waals surface area contributed by atoms with Crippen LogP contribution in [0.2, 0.25) is 0 Å². The van der Waals surface area contributed by atoms with Gasteiger partial charge >= 0.3 is 0 Å². The van der Waals surface area contributed by atoms with E-state index >= 15 is 0 Å². The van der Waals surface area contributed by atoms with Gasteiger partial charge in [-0.3, -0.25) is 0 Å². The molecule has 0 bridgehead atoms.